The highest BCUT2D eigenvalue weighted by molar-refractivity contribution is 5.93. The van der Waals surface area contributed by atoms with Crippen molar-refractivity contribution in [2.75, 3.05) is 5.32 Å². The number of aromatic nitrogens is 1. The van der Waals surface area contributed by atoms with Crippen molar-refractivity contribution in [1.82, 2.24) is 4.98 Å². The van der Waals surface area contributed by atoms with Crippen LogP contribution in [0.1, 0.15) is 13.8 Å². The number of carbonyl (C=O) groups excluding carboxylic acids is 1. The van der Waals surface area contributed by atoms with E-state index in [0.29, 0.717) is 5.82 Å². The van der Waals surface area contributed by atoms with Crippen LogP contribution >= 0.6 is 24.8 Å². The van der Waals surface area contributed by atoms with Crippen LogP contribution in [0.4, 0.5) is 10.2 Å². The standard InChI is InChI=1S/C10H14FN3O.2ClH/c1-6(2)9(12)10(15)14-8-4-3-7(11)5-13-8;;/h3-6,9H,12H2,1-2H3,(H,13,14,15);2*1H. The maximum Gasteiger partial charge on any atom is 0.242 e. The third-order valence-corrected chi connectivity index (χ3v) is 2.00. The Morgan fingerprint density at radius 2 is 2.00 bits per heavy atom. The highest BCUT2D eigenvalue weighted by Crippen LogP contribution is 2.06. The molecule has 17 heavy (non-hydrogen) atoms. The number of amides is 1. The lowest BCUT2D eigenvalue weighted by atomic mass is 10.1. The largest absolute Gasteiger partial charge is 0.320 e. The lowest BCUT2D eigenvalue weighted by molar-refractivity contribution is -0.118. The number of rotatable bonds is 3. The number of pyridine rings is 1. The van der Waals surface area contributed by atoms with Crippen LogP contribution in [0.2, 0.25) is 0 Å². The van der Waals surface area contributed by atoms with Gasteiger partial charge < -0.3 is 11.1 Å². The molecule has 0 fully saturated rings. The van der Waals surface area contributed by atoms with Crippen molar-refractivity contribution in [3.05, 3.63) is 24.1 Å². The van der Waals surface area contributed by atoms with E-state index in [-0.39, 0.29) is 36.6 Å². The lowest BCUT2D eigenvalue weighted by Gasteiger charge is -2.14. The van der Waals surface area contributed by atoms with Gasteiger partial charge in [0.25, 0.3) is 0 Å². The van der Waals surface area contributed by atoms with Gasteiger partial charge in [-0.3, -0.25) is 4.79 Å². The summed E-state index contributed by atoms with van der Waals surface area (Å²) in [5.41, 5.74) is 5.62. The Bertz CT molecular complexity index is 346. The average molecular weight is 284 g/mol. The lowest BCUT2D eigenvalue weighted by Crippen LogP contribution is -2.39. The van der Waals surface area contributed by atoms with Crippen LogP contribution in [-0.2, 0) is 4.79 Å². The van der Waals surface area contributed by atoms with E-state index in [1.165, 1.54) is 12.1 Å². The Hall–Kier alpha value is -0.910. The first-order valence-corrected chi connectivity index (χ1v) is 4.68. The molecule has 0 radical (unpaired) electrons. The van der Waals surface area contributed by atoms with Gasteiger partial charge in [0.2, 0.25) is 5.91 Å². The van der Waals surface area contributed by atoms with Crippen LogP contribution < -0.4 is 11.1 Å². The first kappa shape index (κ1) is 18.5. The van der Waals surface area contributed by atoms with Crippen LogP contribution in [0.25, 0.3) is 0 Å². The summed E-state index contributed by atoms with van der Waals surface area (Å²) in [6.07, 6.45) is 1.04. The van der Waals surface area contributed by atoms with E-state index in [1.54, 1.807) is 0 Å². The number of nitrogens with two attached hydrogens (primary N) is 1. The Morgan fingerprint density at radius 3 is 2.41 bits per heavy atom. The van der Waals surface area contributed by atoms with E-state index in [0.717, 1.165) is 6.20 Å². The van der Waals surface area contributed by atoms with Crippen LogP contribution in [0, 0.1) is 11.7 Å². The predicted octanol–water partition coefficient (Wildman–Crippen LogP) is 1.99. The minimum atomic E-state index is -0.586. The monoisotopic (exact) mass is 283 g/mol. The van der Waals surface area contributed by atoms with Crippen molar-refractivity contribution >= 4 is 36.5 Å². The SMILES string of the molecule is CC(C)C(N)C(=O)Nc1ccc(F)cn1.Cl.Cl. The van der Waals surface area contributed by atoms with Crippen LogP contribution in [0.15, 0.2) is 18.3 Å². The Labute approximate surface area is 112 Å². The molecule has 1 aromatic rings. The number of hydrogen-bond donors (Lipinski definition) is 2. The van der Waals surface area contributed by atoms with E-state index in [9.17, 15) is 9.18 Å². The number of nitrogens with zero attached hydrogens (tertiary/aromatic N) is 1. The zero-order chi connectivity index (χ0) is 11.4. The molecule has 0 aliphatic rings. The average Bonchev–Trinajstić information content (AvgIpc) is 2.20. The maximum atomic E-state index is 12.5. The summed E-state index contributed by atoms with van der Waals surface area (Å²) in [5.74, 6) is -0.409. The quantitative estimate of drug-likeness (QED) is 0.891. The number of anilines is 1. The molecular formula is C10H16Cl2FN3O. The summed E-state index contributed by atoms with van der Waals surface area (Å²) < 4.78 is 12.5. The van der Waals surface area contributed by atoms with Gasteiger partial charge in [0.15, 0.2) is 0 Å². The molecule has 1 aromatic heterocycles. The Morgan fingerprint density at radius 1 is 1.41 bits per heavy atom. The van der Waals surface area contributed by atoms with Gasteiger partial charge in [0, 0.05) is 0 Å². The molecule has 0 saturated carbocycles. The highest BCUT2D eigenvalue weighted by atomic mass is 35.5. The third kappa shape index (κ3) is 5.81. The second-order valence-corrected chi connectivity index (χ2v) is 3.62. The zero-order valence-electron chi connectivity index (χ0n) is 9.51. The minimum Gasteiger partial charge on any atom is -0.320 e. The summed E-state index contributed by atoms with van der Waals surface area (Å²) in [6.45, 7) is 3.70. The predicted molar refractivity (Wildman–Crippen MR) is 70.1 cm³/mol. The molecule has 0 aliphatic heterocycles. The van der Waals surface area contributed by atoms with Crippen molar-refractivity contribution in [2.24, 2.45) is 11.7 Å². The summed E-state index contributed by atoms with van der Waals surface area (Å²) in [7, 11) is 0. The minimum absolute atomic E-state index is 0. The van der Waals surface area contributed by atoms with Crippen molar-refractivity contribution < 1.29 is 9.18 Å². The molecule has 0 bridgehead atoms. The van der Waals surface area contributed by atoms with E-state index in [2.05, 4.69) is 10.3 Å². The number of halogens is 3. The second-order valence-electron chi connectivity index (χ2n) is 3.62. The smallest absolute Gasteiger partial charge is 0.242 e. The fourth-order valence-electron chi connectivity index (χ4n) is 0.962. The molecule has 0 aliphatic carbocycles. The van der Waals surface area contributed by atoms with Gasteiger partial charge in [0.1, 0.15) is 11.6 Å². The molecule has 1 amide bonds. The van der Waals surface area contributed by atoms with Crippen LogP contribution in [0.5, 0.6) is 0 Å². The number of hydrogen-bond acceptors (Lipinski definition) is 3. The molecule has 1 rings (SSSR count). The van der Waals surface area contributed by atoms with E-state index in [1.807, 2.05) is 13.8 Å². The molecular weight excluding hydrogens is 268 g/mol. The van der Waals surface area contributed by atoms with Gasteiger partial charge in [0.05, 0.1) is 12.2 Å². The summed E-state index contributed by atoms with van der Waals surface area (Å²) in [4.78, 5) is 15.2. The van der Waals surface area contributed by atoms with E-state index < -0.39 is 11.9 Å². The topological polar surface area (TPSA) is 68.0 Å². The third-order valence-electron chi connectivity index (χ3n) is 2.00. The van der Waals surface area contributed by atoms with Crippen molar-refractivity contribution in [1.29, 1.82) is 0 Å². The van der Waals surface area contributed by atoms with Crippen LogP contribution in [0.3, 0.4) is 0 Å². The van der Waals surface area contributed by atoms with E-state index in [4.69, 9.17) is 5.73 Å². The summed E-state index contributed by atoms with van der Waals surface area (Å²) in [6, 6.07) is 2.03. The molecule has 1 atom stereocenters. The summed E-state index contributed by atoms with van der Waals surface area (Å²) in [5, 5.41) is 2.51. The summed E-state index contributed by atoms with van der Waals surface area (Å²) >= 11 is 0. The van der Waals surface area contributed by atoms with Crippen molar-refractivity contribution in [2.45, 2.75) is 19.9 Å². The van der Waals surface area contributed by atoms with Gasteiger partial charge in [-0.1, -0.05) is 13.8 Å². The Kier molecular flexibility index (Phi) is 8.92. The molecule has 0 spiro atoms. The van der Waals surface area contributed by atoms with Gasteiger partial charge >= 0.3 is 0 Å². The molecule has 1 heterocycles. The van der Waals surface area contributed by atoms with Gasteiger partial charge in [-0.25, -0.2) is 9.37 Å². The normalized spacial score (nSPS) is 11.1. The maximum absolute atomic E-state index is 12.5. The molecule has 7 heteroatoms. The zero-order valence-corrected chi connectivity index (χ0v) is 11.1. The van der Waals surface area contributed by atoms with Crippen LogP contribution in [-0.4, -0.2) is 16.9 Å². The Balaban J connectivity index is 0. The molecule has 0 saturated heterocycles. The highest BCUT2D eigenvalue weighted by Gasteiger charge is 2.17. The molecule has 1 unspecified atom stereocenters. The molecule has 0 aromatic carbocycles. The first-order chi connectivity index (χ1) is 7.00. The van der Waals surface area contributed by atoms with Gasteiger partial charge in [-0.2, -0.15) is 0 Å². The second kappa shape index (κ2) is 8.22. The number of nitrogens with one attached hydrogen (secondary N) is 1. The van der Waals surface area contributed by atoms with Crippen molar-refractivity contribution in [3.63, 3.8) is 0 Å². The van der Waals surface area contributed by atoms with E-state index >= 15 is 0 Å². The number of carbonyl (C=O) groups is 1. The molecule has 98 valence electrons. The van der Waals surface area contributed by atoms with Gasteiger partial charge in [-0.05, 0) is 18.1 Å². The van der Waals surface area contributed by atoms with Crippen molar-refractivity contribution in [3.8, 4) is 0 Å². The fraction of sp³-hybridized carbons (Fsp3) is 0.400. The fourth-order valence-corrected chi connectivity index (χ4v) is 0.962. The molecule has 3 N–H and O–H groups in total. The first-order valence-electron chi connectivity index (χ1n) is 4.68. The molecule has 4 nitrogen and oxygen atoms in total. The van der Waals surface area contributed by atoms with Gasteiger partial charge in [-0.15, -0.1) is 24.8 Å².